The van der Waals surface area contributed by atoms with Gasteiger partial charge in [-0.1, -0.05) is 17.7 Å². The maximum Gasteiger partial charge on any atom is 0.257 e. The summed E-state index contributed by atoms with van der Waals surface area (Å²) in [4.78, 5) is 16.8. The van der Waals surface area contributed by atoms with Gasteiger partial charge >= 0.3 is 0 Å². The molecule has 1 aliphatic rings. The van der Waals surface area contributed by atoms with Gasteiger partial charge in [-0.3, -0.25) is 4.79 Å². The van der Waals surface area contributed by atoms with Crippen molar-refractivity contribution < 1.29 is 14.3 Å². The first kappa shape index (κ1) is 17.4. The minimum Gasteiger partial charge on any atom is -0.474 e. The molecule has 0 atom stereocenters. The number of hydrogen-bond acceptors (Lipinski definition) is 4. The van der Waals surface area contributed by atoms with Gasteiger partial charge in [-0.25, -0.2) is 4.98 Å². The Morgan fingerprint density at radius 1 is 1.16 bits per heavy atom. The molecule has 25 heavy (non-hydrogen) atoms. The number of rotatable bonds is 4. The van der Waals surface area contributed by atoms with E-state index in [0.29, 0.717) is 11.4 Å². The van der Waals surface area contributed by atoms with Gasteiger partial charge in [-0.15, -0.1) is 0 Å². The molecule has 1 saturated heterocycles. The van der Waals surface area contributed by atoms with Crippen LogP contribution in [0.5, 0.6) is 5.88 Å². The quantitative estimate of drug-likeness (QED) is 0.919. The van der Waals surface area contributed by atoms with Crippen LogP contribution in [0, 0.1) is 20.8 Å². The summed E-state index contributed by atoms with van der Waals surface area (Å²) in [7, 11) is 0. The number of ether oxygens (including phenoxy) is 2. The molecule has 0 spiro atoms. The third-order valence-corrected chi connectivity index (χ3v) is 4.37. The number of aryl methyl sites for hydroxylation is 3. The Morgan fingerprint density at radius 3 is 2.44 bits per heavy atom. The molecule has 0 unspecified atom stereocenters. The number of nitrogens with zero attached hydrogens (tertiary/aromatic N) is 1. The predicted molar refractivity (Wildman–Crippen MR) is 97.3 cm³/mol. The summed E-state index contributed by atoms with van der Waals surface area (Å²) in [5, 5.41) is 2.99. The second-order valence-corrected chi connectivity index (χ2v) is 6.54. The van der Waals surface area contributed by atoms with Crippen molar-refractivity contribution in [3.63, 3.8) is 0 Å². The molecule has 0 saturated carbocycles. The Kier molecular flexibility index (Phi) is 5.34. The van der Waals surface area contributed by atoms with Crippen LogP contribution in [0.3, 0.4) is 0 Å². The summed E-state index contributed by atoms with van der Waals surface area (Å²) in [5.41, 5.74) is 4.66. The van der Waals surface area contributed by atoms with E-state index in [1.807, 2.05) is 20.8 Å². The number of benzene rings is 1. The van der Waals surface area contributed by atoms with Gasteiger partial charge in [-0.2, -0.15) is 0 Å². The lowest BCUT2D eigenvalue weighted by atomic mass is 10.0. The van der Waals surface area contributed by atoms with E-state index in [2.05, 4.69) is 22.4 Å². The predicted octanol–water partition coefficient (Wildman–Crippen LogP) is 3.82. The standard InChI is InChI=1S/C20H24N2O3/c1-13-10-14(2)19(15(3)11-13)22-20(23)16-4-5-18(21-12-16)25-17-6-8-24-9-7-17/h4-5,10-12,17H,6-9H2,1-3H3,(H,22,23). The summed E-state index contributed by atoms with van der Waals surface area (Å²) < 4.78 is 11.2. The highest BCUT2D eigenvalue weighted by Gasteiger charge is 2.16. The molecule has 1 N–H and O–H groups in total. The van der Waals surface area contributed by atoms with E-state index in [1.165, 1.54) is 5.56 Å². The van der Waals surface area contributed by atoms with Crippen molar-refractivity contribution in [3.8, 4) is 5.88 Å². The van der Waals surface area contributed by atoms with Crippen molar-refractivity contribution in [2.75, 3.05) is 18.5 Å². The van der Waals surface area contributed by atoms with Gasteiger partial charge in [0.05, 0.1) is 18.8 Å². The highest BCUT2D eigenvalue weighted by Crippen LogP contribution is 2.23. The molecule has 0 aliphatic carbocycles. The van der Waals surface area contributed by atoms with Crippen molar-refractivity contribution >= 4 is 11.6 Å². The molecular formula is C20H24N2O3. The molecule has 5 nitrogen and oxygen atoms in total. The third kappa shape index (κ3) is 4.37. The van der Waals surface area contributed by atoms with Gasteiger partial charge in [0, 0.05) is 30.8 Å². The van der Waals surface area contributed by atoms with E-state index in [9.17, 15) is 4.79 Å². The number of anilines is 1. The molecule has 1 amide bonds. The fourth-order valence-corrected chi connectivity index (χ4v) is 3.11. The Hall–Kier alpha value is -2.40. The summed E-state index contributed by atoms with van der Waals surface area (Å²) in [6, 6.07) is 7.62. The normalized spacial score (nSPS) is 15.0. The van der Waals surface area contributed by atoms with Crippen molar-refractivity contribution in [2.45, 2.75) is 39.7 Å². The number of aromatic nitrogens is 1. The van der Waals surface area contributed by atoms with Crippen LogP contribution < -0.4 is 10.1 Å². The molecule has 0 radical (unpaired) electrons. The fraction of sp³-hybridized carbons (Fsp3) is 0.400. The highest BCUT2D eigenvalue weighted by atomic mass is 16.5. The van der Waals surface area contributed by atoms with Gasteiger partial charge in [0.1, 0.15) is 6.10 Å². The topological polar surface area (TPSA) is 60.5 Å². The Morgan fingerprint density at radius 2 is 1.84 bits per heavy atom. The first-order chi connectivity index (χ1) is 12.0. The van der Waals surface area contributed by atoms with E-state index >= 15 is 0 Å². The summed E-state index contributed by atoms with van der Waals surface area (Å²) in [5.74, 6) is 0.381. The zero-order chi connectivity index (χ0) is 17.8. The number of carbonyl (C=O) groups excluding carboxylic acids is 1. The molecule has 2 heterocycles. The van der Waals surface area contributed by atoms with Gasteiger partial charge in [-0.05, 0) is 38.0 Å². The average Bonchev–Trinajstić information content (AvgIpc) is 2.59. The van der Waals surface area contributed by atoms with Gasteiger partial charge in [0.25, 0.3) is 5.91 Å². The lowest BCUT2D eigenvalue weighted by molar-refractivity contribution is 0.0237. The molecule has 1 fully saturated rings. The van der Waals surface area contributed by atoms with Crippen LogP contribution in [0.25, 0.3) is 0 Å². The van der Waals surface area contributed by atoms with Crippen LogP contribution in [0.2, 0.25) is 0 Å². The van der Waals surface area contributed by atoms with Gasteiger partial charge in [0.2, 0.25) is 5.88 Å². The highest BCUT2D eigenvalue weighted by molar-refractivity contribution is 6.04. The molecule has 1 aromatic carbocycles. The van der Waals surface area contributed by atoms with Crippen molar-refractivity contribution in [1.29, 1.82) is 0 Å². The van der Waals surface area contributed by atoms with E-state index in [0.717, 1.165) is 42.9 Å². The maximum atomic E-state index is 12.5. The average molecular weight is 340 g/mol. The minimum absolute atomic E-state index is 0.138. The Labute approximate surface area is 148 Å². The monoisotopic (exact) mass is 340 g/mol. The molecule has 1 aliphatic heterocycles. The largest absolute Gasteiger partial charge is 0.474 e. The van der Waals surface area contributed by atoms with Crippen LogP contribution in [0.1, 0.15) is 39.9 Å². The summed E-state index contributed by atoms with van der Waals surface area (Å²) in [6.07, 6.45) is 3.44. The number of pyridine rings is 1. The third-order valence-electron chi connectivity index (χ3n) is 4.37. The molecule has 1 aromatic heterocycles. The first-order valence-electron chi connectivity index (χ1n) is 8.62. The summed E-state index contributed by atoms with van der Waals surface area (Å²) in [6.45, 7) is 7.49. The molecule has 5 heteroatoms. The number of amides is 1. The van der Waals surface area contributed by atoms with Crippen LogP contribution in [0.4, 0.5) is 5.69 Å². The van der Waals surface area contributed by atoms with Gasteiger partial charge < -0.3 is 14.8 Å². The second kappa shape index (κ2) is 7.66. The molecule has 3 rings (SSSR count). The number of carbonyl (C=O) groups is 1. The summed E-state index contributed by atoms with van der Waals surface area (Å²) >= 11 is 0. The second-order valence-electron chi connectivity index (χ2n) is 6.54. The maximum absolute atomic E-state index is 12.5. The fourth-order valence-electron chi connectivity index (χ4n) is 3.11. The van der Waals surface area contributed by atoms with E-state index in [4.69, 9.17) is 9.47 Å². The minimum atomic E-state index is -0.167. The lowest BCUT2D eigenvalue weighted by Gasteiger charge is -2.22. The van der Waals surface area contributed by atoms with Crippen molar-refractivity contribution in [1.82, 2.24) is 4.98 Å². The number of nitrogens with one attached hydrogen (secondary N) is 1. The van der Waals surface area contributed by atoms with Crippen LogP contribution >= 0.6 is 0 Å². The number of hydrogen-bond donors (Lipinski definition) is 1. The van der Waals surface area contributed by atoms with E-state index < -0.39 is 0 Å². The Bertz CT molecular complexity index is 727. The van der Waals surface area contributed by atoms with Crippen molar-refractivity contribution in [2.24, 2.45) is 0 Å². The van der Waals surface area contributed by atoms with Crippen LogP contribution in [0.15, 0.2) is 30.5 Å². The van der Waals surface area contributed by atoms with Crippen LogP contribution in [-0.2, 0) is 4.74 Å². The molecule has 2 aromatic rings. The van der Waals surface area contributed by atoms with Crippen molar-refractivity contribution in [3.05, 3.63) is 52.7 Å². The van der Waals surface area contributed by atoms with E-state index in [1.54, 1.807) is 18.3 Å². The lowest BCUT2D eigenvalue weighted by Crippen LogP contribution is -2.26. The zero-order valence-corrected chi connectivity index (χ0v) is 15.0. The Balaban J connectivity index is 1.66. The SMILES string of the molecule is Cc1cc(C)c(NC(=O)c2ccc(OC3CCOCC3)nc2)c(C)c1. The first-order valence-corrected chi connectivity index (χ1v) is 8.62. The smallest absolute Gasteiger partial charge is 0.257 e. The molecule has 132 valence electrons. The molecular weight excluding hydrogens is 316 g/mol. The van der Waals surface area contributed by atoms with Gasteiger partial charge in [0.15, 0.2) is 0 Å². The zero-order valence-electron chi connectivity index (χ0n) is 15.0. The van der Waals surface area contributed by atoms with E-state index in [-0.39, 0.29) is 12.0 Å². The van der Waals surface area contributed by atoms with Crippen LogP contribution in [-0.4, -0.2) is 30.2 Å². The molecule has 0 bridgehead atoms.